The van der Waals surface area contributed by atoms with Crippen LogP contribution in [0.2, 0.25) is 0 Å². The topological polar surface area (TPSA) is 59.4 Å². The fraction of sp³-hybridized carbons (Fsp3) is 0.308. The molecule has 5 nitrogen and oxygen atoms in total. The highest BCUT2D eigenvalue weighted by molar-refractivity contribution is 9.10. The zero-order valence-electron chi connectivity index (χ0n) is 11.2. The summed E-state index contributed by atoms with van der Waals surface area (Å²) in [6, 6.07) is 0. The van der Waals surface area contributed by atoms with Gasteiger partial charge < -0.3 is 4.98 Å². The molecular formula is C13H14BrN5. The highest BCUT2D eigenvalue weighted by atomic mass is 79.9. The molecule has 3 heterocycles. The van der Waals surface area contributed by atoms with E-state index >= 15 is 0 Å². The number of aromatic nitrogens is 5. The number of nitrogens with zero attached hydrogens (tertiary/aromatic N) is 4. The van der Waals surface area contributed by atoms with Gasteiger partial charge in [-0.3, -0.25) is 4.68 Å². The van der Waals surface area contributed by atoms with E-state index in [0.717, 1.165) is 44.0 Å². The summed E-state index contributed by atoms with van der Waals surface area (Å²) in [5, 5.41) is 4.42. The molecule has 3 aromatic rings. The maximum atomic E-state index is 4.58. The van der Waals surface area contributed by atoms with E-state index in [1.807, 2.05) is 32.5 Å². The van der Waals surface area contributed by atoms with Gasteiger partial charge in [-0.2, -0.15) is 5.10 Å². The molecule has 0 aliphatic rings. The fourth-order valence-electron chi connectivity index (χ4n) is 2.29. The Kier molecular flexibility index (Phi) is 2.70. The lowest BCUT2D eigenvalue weighted by Crippen LogP contribution is -1.92. The molecule has 0 saturated carbocycles. The number of aryl methyl sites for hydroxylation is 3. The number of hydrogen-bond donors (Lipinski definition) is 1. The van der Waals surface area contributed by atoms with Crippen LogP contribution < -0.4 is 0 Å². The standard InChI is InChI=1S/C13H14BrN5/c1-6-9(14)5-15-13-11(6)16-12(17-13)10-7(2)18-19(4)8(10)3/h5H,1-4H3,(H,15,16,17). The number of aromatic amines is 1. The smallest absolute Gasteiger partial charge is 0.178 e. The molecule has 3 aromatic heterocycles. The minimum atomic E-state index is 0.735. The summed E-state index contributed by atoms with van der Waals surface area (Å²) in [6.07, 6.45) is 1.78. The van der Waals surface area contributed by atoms with E-state index in [1.54, 1.807) is 6.20 Å². The summed E-state index contributed by atoms with van der Waals surface area (Å²) in [5.74, 6) is 0.826. The second kappa shape index (κ2) is 4.16. The van der Waals surface area contributed by atoms with E-state index in [4.69, 9.17) is 0 Å². The number of nitrogens with one attached hydrogen (secondary N) is 1. The Morgan fingerprint density at radius 3 is 2.63 bits per heavy atom. The van der Waals surface area contributed by atoms with Gasteiger partial charge >= 0.3 is 0 Å². The number of fused-ring (bicyclic) bond motifs is 1. The van der Waals surface area contributed by atoms with Gasteiger partial charge in [0.15, 0.2) is 5.65 Å². The average Bonchev–Trinajstić information content (AvgIpc) is 2.87. The van der Waals surface area contributed by atoms with Gasteiger partial charge in [0.25, 0.3) is 0 Å². The lowest BCUT2D eigenvalue weighted by molar-refractivity contribution is 0.731. The molecule has 0 fully saturated rings. The van der Waals surface area contributed by atoms with Gasteiger partial charge in [-0.1, -0.05) is 0 Å². The SMILES string of the molecule is Cc1nn(C)c(C)c1-c1nc2ncc(Br)c(C)c2[nH]1. The molecule has 1 N–H and O–H groups in total. The quantitative estimate of drug-likeness (QED) is 0.750. The Labute approximate surface area is 119 Å². The Balaban J connectivity index is 2.29. The van der Waals surface area contributed by atoms with Crippen molar-refractivity contribution in [3.63, 3.8) is 0 Å². The van der Waals surface area contributed by atoms with Crippen LogP contribution in [0.3, 0.4) is 0 Å². The summed E-state index contributed by atoms with van der Waals surface area (Å²) in [4.78, 5) is 12.3. The molecule has 0 atom stereocenters. The number of halogens is 1. The van der Waals surface area contributed by atoms with Crippen molar-refractivity contribution in [2.24, 2.45) is 7.05 Å². The van der Waals surface area contributed by atoms with E-state index in [-0.39, 0.29) is 0 Å². The molecular weight excluding hydrogens is 306 g/mol. The third-order valence-corrected chi connectivity index (χ3v) is 4.26. The average molecular weight is 320 g/mol. The third-order valence-electron chi connectivity index (χ3n) is 3.46. The lowest BCUT2D eigenvalue weighted by atomic mass is 10.2. The van der Waals surface area contributed by atoms with Crippen LogP contribution in [0.25, 0.3) is 22.6 Å². The van der Waals surface area contributed by atoms with Gasteiger partial charge in [-0.25, -0.2) is 9.97 Å². The summed E-state index contributed by atoms with van der Waals surface area (Å²) >= 11 is 3.49. The van der Waals surface area contributed by atoms with Crippen molar-refractivity contribution in [2.45, 2.75) is 20.8 Å². The molecule has 98 valence electrons. The zero-order chi connectivity index (χ0) is 13.7. The third kappa shape index (κ3) is 1.78. The molecule has 0 amide bonds. The van der Waals surface area contributed by atoms with E-state index in [2.05, 4.69) is 36.0 Å². The van der Waals surface area contributed by atoms with Crippen LogP contribution in [0.4, 0.5) is 0 Å². The molecule has 0 aromatic carbocycles. The number of hydrogen-bond acceptors (Lipinski definition) is 3. The van der Waals surface area contributed by atoms with Gasteiger partial charge in [0.2, 0.25) is 0 Å². The molecule has 0 spiro atoms. The fourth-order valence-corrected chi connectivity index (χ4v) is 2.59. The second-order valence-electron chi connectivity index (χ2n) is 4.68. The summed E-state index contributed by atoms with van der Waals surface area (Å²) in [7, 11) is 1.94. The molecule has 0 saturated heterocycles. The summed E-state index contributed by atoms with van der Waals surface area (Å²) in [5.41, 5.74) is 5.92. The lowest BCUT2D eigenvalue weighted by Gasteiger charge is -1.97. The van der Waals surface area contributed by atoms with E-state index in [0.29, 0.717) is 0 Å². The Morgan fingerprint density at radius 2 is 2.00 bits per heavy atom. The molecule has 0 bridgehead atoms. The second-order valence-corrected chi connectivity index (χ2v) is 5.54. The molecule has 0 unspecified atom stereocenters. The molecule has 0 aliphatic carbocycles. The number of imidazole rings is 1. The van der Waals surface area contributed by atoms with E-state index in [1.165, 1.54) is 0 Å². The summed E-state index contributed by atoms with van der Waals surface area (Å²) in [6.45, 7) is 6.07. The maximum Gasteiger partial charge on any atom is 0.178 e. The maximum absolute atomic E-state index is 4.58. The van der Waals surface area contributed by atoms with Crippen LogP contribution >= 0.6 is 15.9 Å². The Morgan fingerprint density at radius 1 is 1.26 bits per heavy atom. The van der Waals surface area contributed by atoms with Crippen molar-refractivity contribution < 1.29 is 0 Å². The van der Waals surface area contributed by atoms with Gasteiger partial charge in [0.1, 0.15) is 5.82 Å². The van der Waals surface area contributed by atoms with Crippen molar-refractivity contribution in [1.82, 2.24) is 24.7 Å². The normalized spacial score (nSPS) is 11.4. The predicted octanol–water partition coefficient (Wildman–Crippen LogP) is 3.05. The predicted molar refractivity (Wildman–Crippen MR) is 78.0 cm³/mol. The first kappa shape index (κ1) is 12.3. The van der Waals surface area contributed by atoms with E-state index < -0.39 is 0 Å². The number of rotatable bonds is 1. The highest BCUT2D eigenvalue weighted by Gasteiger charge is 2.16. The molecule has 0 aliphatic heterocycles. The van der Waals surface area contributed by atoms with Gasteiger partial charge in [0.05, 0.1) is 16.8 Å². The Hall–Kier alpha value is -1.69. The number of pyridine rings is 1. The monoisotopic (exact) mass is 319 g/mol. The molecule has 19 heavy (non-hydrogen) atoms. The van der Waals surface area contributed by atoms with Crippen LogP contribution in [-0.4, -0.2) is 24.7 Å². The first-order valence-corrected chi connectivity index (χ1v) is 6.79. The summed E-state index contributed by atoms with van der Waals surface area (Å²) < 4.78 is 2.85. The highest BCUT2D eigenvalue weighted by Crippen LogP contribution is 2.28. The first-order valence-electron chi connectivity index (χ1n) is 6.00. The molecule has 6 heteroatoms. The van der Waals surface area contributed by atoms with Crippen LogP contribution in [0, 0.1) is 20.8 Å². The molecule has 0 radical (unpaired) electrons. The van der Waals surface area contributed by atoms with Gasteiger partial charge in [-0.15, -0.1) is 0 Å². The van der Waals surface area contributed by atoms with Crippen LogP contribution in [0.15, 0.2) is 10.7 Å². The van der Waals surface area contributed by atoms with Gasteiger partial charge in [0, 0.05) is 23.4 Å². The molecule has 3 rings (SSSR count). The Bertz CT molecular complexity index is 784. The van der Waals surface area contributed by atoms with Crippen molar-refractivity contribution in [3.05, 3.63) is 27.6 Å². The van der Waals surface area contributed by atoms with Crippen LogP contribution in [-0.2, 0) is 7.05 Å². The number of H-pyrrole nitrogens is 1. The van der Waals surface area contributed by atoms with Crippen LogP contribution in [0.5, 0.6) is 0 Å². The van der Waals surface area contributed by atoms with Crippen molar-refractivity contribution in [3.8, 4) is 11.4 Å². The first-order chi connectivity index (χ1) is 8.99. The minimum absolute atomic E-state index is 0.735. The van der Waals surface area contributed by atoms with Crippen LogP contribution in [0.1, 0.15) is 17.0 Å². The van der Waals surface area contributed by atoms with Crippen molar-refractivity contribution in [2.75, 3.05) is 0 Å². The van der Waals surface area contributed by atoms with E-state index in [9.17, 15) is 0 Å². The van der Waals surface area contributed by atoms with Crippen molar-refractivity contribution in [1.29, 1.82) is 0 Å². The van der Waals surface area contributed by atoms with Gasteiger partial charge in [-0.05, 0) is 42.3 Å². The minimum Gasteiger partial charge on any atom is -0.336 e. The zero-order valence-corrected chi connectivity index (χ0v) is 12.8. The largest absolute Gasteiger partial charge is 0.336 e. The van der Waals surface area contributed by atoms with Crippen molar-refractivity contribution >= 4 is 27.1 Å².